The van der Waals surface area contributed by atoms with E-state index in [2.05, 4.69) is 20.8 Å². The summed E-state index contributed by atoms with van der Waals surface area (Å²) < 4.78 is 0.0136. The van der Waals surface area contributed by atoms with E-state index in [1.165, 1.54) is 0 Å². The number of carbonyl (C=O) groups is 2. The first kappa shape index (κ1) is 16.3. The van der Waals surface area contributed by atoms with Crippen LogP contribution in [0.5, 0.6) is 0 Å². The lowest BCUT2D eigenvalue weighted by Crippen LogP contribution is -2.56. The van der Waals surface area contributed by atoms with Gasteiger partial charge in [0, 0.05) is 11.3 Å². The highest BCUT2D eigenvalue weighted by molar-refractivity contribution is 8.01. The molecule has 110 valence electrons. The van der Waals surface area contributed by atoms with Crippen molar-refractivity contribution >= 4 is 23.6 Å². The van der Waals surface area contributed by atoms with E-state index in [0.29, 0.717) is 12.3 Å². The van der Waals surface area contributed by atoms with Crippen LogP contribution >= 0.6 is 11.8 Å². The molecular weight excluding hydrogens is 262 g/mol. The molecule has 1 amide bonds. The first-order chi connectivity index (χ1) is 8.54. The fourth-order valence-corrected chi connectivity index (χ4v) is 3.21. The van der Waals surface area contributed by atoms with E-state index in [1.807, 2.05) is 13.8 Å². The standard InChI is InChI=1S/C14H25NO3S/c1-13(2,3)19-9-10(16)15-8-6-7-14(4,5)11(15)12(17)18/h11H,6-9H2,1-5H3,(H,17,18). The number of amides is 1. The third-order valence-electron chi connectivity index (χ3n) is 3.45. The minimum Gasteiger partial charge on any atom is -0.480 e. The number of aliphatic carboxylic acids is 1. The zero-order chi connectivity index (χ0) is 14.8. The summed E-state index contributed by atoms with van der Waals surface area (Å²) in [6.07, 6.45) is 1.73. The summed E-state index contributed by atoms with van der Waals surface area (Å²) in [7, 11) is 0. The second-order valence-electron chi connectivity index (χ2n) is 6.82. The molecule has 0 aliphatic carbocycles. The van der Waals surface area contributed by atoms with Gasteiger partial charge in [-0.3, -0.25) is 4.79 Å². The van der Waals surface area contributed by atoms with Gasteiger partial charge in [-0.15, -0.1) is 11.8 Å². The second kappa shape index (κ2) is 5.73. The number of nitrogens with zero attached hydrogens (tertiary/aromatic N) is 1. The van der Waals surface area contributed by atoms with Crippen molar-refractivity contribution in [2.45, 2.75) is 58.2 Å². The number of hydrogen-bond acceptors (Lipinski definition) is 3. The normalized spacial score (nSPS) is 23.2. The smallest absolute Gasteiger partial charge is 0.326 e. The Balaban J connectivity index is 2.79. The summed E-state index contributed by atoms with van der Waals surface area (Å²) in [5.41, 5.74) is -0.355. The first-order valence-electron chi connectivity index (χ1n) is 6.71. The van der Waals surface area contributed by atoms with E-state index in [9.17, 15) is 14.7 Å². The van der Waals surface area contributed by atoms with Gasteiger partial charge in [-0.25, -0.2) is 4.79 Å². The van der Waals surface area contributed by atoms with E-state index in [1.54, 1.807) is 16.7 Å². The van der Waals surface area contributed by atoms with Crippen molar-refractivity contribution in [1.29, 1.82) is 0 Å². The maximum Gasteiger partial charge on any atom is 0.326 e. The number of rotatable bonds is 3. The lowest BCUT2D eigenvalue weighted by Gasteiger charge is -2.44. The van der Waals surface area contributed by atoms with Crippen LogP contribution in [0.1, 0.15) is 47.5 Å². The lowest BCUT2D eigenvalue weighted by molar-refractivity contribution is -0.157. The third kappa shape index (κ3) is 4.41. The molecule has 1 atom stereocenters. The average molecular weight is 287 g/mol. The van der Waals surface area contributed by atoms with Crippen molar-refractivity contribution in [2.75, 3.05) is 12.3 Å². The highest BCUT2D eigenvalue weighted by Gasteiger charge is 2.44. The Morgan fingerprint density at radius 1 is 1.37 bits per heavy atom. The van der Waals surface area contributed by atoms with Gasteiger partial charge in [0.15, 0.2) is 0 Å². The highest BCUT2D eigenvalue weighted by Crippen LogP contribution is 2.36. The summed E-state index contributed by atoms with van der Waals surface area (Å²) in [6, 6.07) is -0.700. The number of likely N-dealkylation sites (tertiary alicyclic amines) is 1. The van der Waals surface area contributed by atoms with Gasteiger partial charge >= 0.3 is 5.97 Å². The Morgan fingerprint density at radius 2 is 1.95 bits per heavy atom. The number of thioether (sulfide) groups is 1. The topological polar surface area (TPSA) is 57.6 Å². The van der Waals surface area contributed by atoms with Gasteiger partial charge in [-0.2, -0.15) is 0 Å². The maximum absolute atomic E-state index is 12.3. The SMILES string of the molecule is CC(C)(C)SCC(=O)N1CCCC(C)(C)C1C(=O)O. The molecule has 19 heavy (non-hydrogen) atoms. The lowest BCUT2D eigenvalue weighted by atomic mass is 9.76. The highest BCUT2D eigenvalue weighted by atomic mass is 32.2. The number of carboxylic acid groups (broad SMARTS) is 1. The monoisotopic (exact) mass is 287 g/mol. The van der Waals surface area contributed by atoms with E-state index in [0.717, 1.165) is 12.8 Å². The van der Waals surface area contributed by atoms with Crippen LogP contribution in [0.15, 0.2) is 0 Å². The molecule has 5 heteroatoms. The third-order valence-corrected chi connectivity index (χ3v) is 4.71. The van der Waals surface area contributed by atoms with Crippen LogP contribution in [0.2, 0.25) is 0 Å². The van der Waals surface area contributed by atoms with Crippen LogP contribution in [0, 0.1) is 5.41 Å². The summed E-state index contributed by atoms with van der Waals surface area (Å²) in [6.45, 7) is 10.6. The van der Waals surface area contributed by atoms with Crippen molar-refractivity contribution in [3.63, 3.8) is 0 Å². The molecule has 0 bridgehead atoms. The Bertz CT molecular complexity index is 360. The number of carboxylic acids is 1. The molecule has 1 aliphatic rings. The van der Waals surface area contributed by atoms with Crippen molar-refractivity contribution in [3.8, 4) is 0 Å². The molecule has 0 spiro atoms. The van der Waals surface area contributed by atoms with Gasteiger partial charge in [0.05, 0.1) is 5.75 Å². The predicted molar refractivity (Wildman–Crippen MR) is 78.4 cm³/mol. The summed E-state index contributed by atoms with van der Waals surface area (Å²) in [4.78, 5) is 25.3. The van der Waals surface area contributed by atoms with E-state index in [-0.39, 0.29) is 16.1 Å². The summed E-state index contributed by atoms with van der Waals surface area (Å²) >= 11 is 1.57. The van der Waals surface area contributed by atoms with Gasteiger partial charge in [0.1, 0.15) is 6.04 Å². The van der Waals surface area contributed by atoms with Crippen molar-refractivity contribution < 1.29 is 14.7 Å². The number of carbonyl (C=O) groups excluding carboxylic acids is 1. The first-order valence-corrected chi connectivity index (χ1v) is 7.69. The molecule has 0 saturated carbocycles. The van der Waals surface area contributed by atoms with Gasteiger partial charge in [-0.1, -0.05) is 34.6 Å². The van der Waals surface area contributed by atoms with Gasteiger partial charge in [-0.05, 0) is 18.3 Å². The molecule has 1 rings (SSSR count). The largest absolute Gasteiger partial charge is 0.480 e. The fraction of sp³-hybridized carbons (Fsp3) is 0.857. The van der Waals surface area contributed by atoms with Crippen LogP contribution in [0.25, 0.3) is 0 Å². The second-order valence-corrected chi connectivity index (χ2v) is 8.62. The van der Waals surface area contributed by atoms with Crippen molar-refractivity contribution in [2.24, 2.45) is 5.41 Å². The Morgan fingerprint density at radius 3 is 2.42 bits per heavy atom. The number of hydrogen-bond donors (Lipinski definition) is 1. The summed E-state index contributed by atoms with van der Waals surface area (Å²) in [5, 5.41) is 9.42. The molecule has 1 heterocycles. The Hall–Kier alpha value is -0.710. The minimum atomic E-state index is -0.890. The van der Waals surface area contributed by atoms with Crippen molar-refractivity contribution in [1.82, 2.24) is 4.90 Å². The molecule has 1 fully saturated rings. The molecule has 1 saturated heterocycles. The van der Waals surface area contributed by atoms with E-state index >= 15 is 0 Å². The average Bonchev–Trinajstić information content (AvgIpc) is 2.22. The Kier molecular flexibility index (Phi) is 4.93. The van der Waals surface area contributed by atoms with Gasteiger partial charge < -0.3 is 10.0 Å². The zero-order valence-corrected chi connectivity index (χ0v) is 13.3. The van der Waals surface area contributed by atoms with E-state index < -0.39 is 12.0 Å². The predicted octanol–water partition coefficient (Wildman–Crippen LogP) is 2.62. The molecule has 0 aromatic rings. The van der Waals surface area contributed by atoms with E-state index in [4.69, 9.17) is 0 Å². The molecule has 0 aromatic carbocycles. The van der Waals surface area contributed by atoms with Crippen molar-refractivity contribution in [3.05, 3.63) is 0 Å². The molecule has 1 unspecified atom stereocenters. The zero-order valence-electron chi connectivity index (χ0n) is 12.5. The molecule has 0 radical (unpaired) electrons. The molecule has 1 N–H and O–H groups in total. The molecule has 1 aliphatic heterocycles. The van der Waals surface area contributed by atoms with Gasteiger partial charge in [0.25, 0.3) is 0 Å². The molecular formula is C14H25NO3S. The summed E-state index contributed by atoms with van der Waals surface area (Å²) in [5.74, 6) is -0.595. The molecule has 4 nitrogen and oxygen atoms in total. The minimum absolute atomic E-state index is 0.0136. The maximum atomic E-state index is 12.3. The number of piperidine rings is 1. The van der Waals surface area contributed by atoms with Crippen LogP contribution in [-0.4, -0.2) is 45.0 Å². The Labute approximate surface area is 119 Å². The van der Waals surface area contributed by atoms with Crippen LogP contribution in [0.4, 0.5) is 0 Å². The van der Waals surface area contributed by atoms with Crippen LogP contribution in [0.3, 0.4) is 0 Å². The van der Waals surface area contributed by atoms with Gasteiger partial charge in [0.2, 0.25) is 5.91 Å². The van der Waals surface area contributed by atoms with Crippen LogP contribution in [-0.2, 0) is 9.59 Å². The molecule has 0 aromatic heterocycles. The quantitative estimate of drug-likeness (QED) is 0.867. The fourth-order valence-electron chi connectivity index (χ4n) is 2.49. The van der Waals surface area contributed by atoms with Crippen LogP contribution < -0.4 is 0 Å².